The van der Waals surface area contributed by atoms with E-state index in [0.29, 0.717) is 34.1 Å². The van der Waals surface area contributed by atoms with Crippen LogP contribution in [0.1, 0.15) is 23.0 Å². The molecule has 0 aliphatic heterocycles. The van der Waals surface area contributed by atoms with Crippen LogP contribution in [0.2, 0.25) is 0 Å². The summed E-state index contributed by atoms with van der Waals surface area (Å²) in [5.74, 6) is 0.0203. The van der Waals surface area contributed by atoms with Crippen molar-refractivity contribution in [1.29, 1.82) is 0 Å². The van der Waals surface area contributed by atoms with Gasteiger partial charge in [0.05, 0.1) is 31.9 Å². The summed E-state index contributed by atoms with van der Waals surface area (Å²) < 4.78 is 15.5. The standard InChI is InChI=1S/C20H20N4O5/c1-12(19-14-6-4-5-7-15(14)29-24-19)22-23-18(25)11-21-20(26)13-8-9-16(27-2)17(10-13)28-3/h4-10H,11H2,1-3H3,(H,21,26)(H,23,25)/b22-12+. The van der Waals surface area contributed by atoms with Gasteiger partial charge in [0.15, 0.2) is 17.1 Å². The molecule has 2 aromatic carbocycles. The van der Waals surface area contributed by atoms with Crippen molar-refractivity contribution in [1.82, 2.24) is 15.9 Å². The fraction of sp³-hybridized carbons (Fsp3) is 0.200. The van der Waals surface area contributed by atoms with Gasteiger partial charge in [0.25, 0.3) is 11.8 Å². The highest BCUT2D eigenvalue weighted by atomic mass is 16.5. The lowest BCUT2D eigenvalue weighted by Crippen LogP contribution is -2.35. The molecule has 0 bridgehead atoms. The molecule has 29 heavy (non-hydrogen) atoms. The normalized spacial score (nSPS) is 11.2. The molecule has 1 aromatic heterocycles. The lowest BCUT2D eigenvalue weighted by molar-refractivity contribution is -0.120. The number of para-hydroxylation sites is 1. The molecule has 9 heteroatoms. The molecule has 0 saturated heterocycles. The largest absolute Gasteiger partial charge is 0.493 e. The average Bonchev–Trinajstić information content (AvgIpc) is 3.19. The van der Waals surface area contributed by atoms with Gasteiger partial charge in [-0.3, -0.25) is 9.59 Å². The Bertz CT molecular complexity index is 1070. The molecule has 0 saturated carbocycles. The van der Waals surface area contributed by atoms with Crippen LogP contribution in [0.15, 0.2) is 52.1 Å². The van der Waals surface area contributed by atoms with E-state index < -0.39 is 11.8 Å². The number of carbonyl (C=O) groups is 2. The van der Waals surface area contributed by atoms with Gasteiger partial charge in [-0.15, -0.1) is 0 Å². The summed E-state index contributed by atoms with van der Waals surface area (Å²) in [5.41, 5.74) is 4.38. The highest BCUT2D eigenvalue weighted by Gasteiger charge is 2.13. The van der Waals surface area contributed by atoms with Crippen molar-refractivity contribution >= 4 is 28.5 Å². The molecule has 9 nitrogen and oxygen atoms in total. The first kappa shape index (κ1) is 19.9. The number of fused-ring (bicyclic) bond motifs is 1. The summed E-state index contributed by atoms with van der Waals surface area (Å²) in [6, 6.07) is 12.1. The van der Waals surface area contributed by atoms with Crippen LogP contribution < -0.4 is 20.2 Å². The first-order valence-electron chi connectivity index (χ1n) is 8.71. The van der Waals surface area contributed by atoms with Gasteiger partial charge in [0, 0.05) is 5.56 Å². The minimum Gasteiger partial charge on any atom is -0.493 e. The van der Waals surface area contributed by atoms with Crippen LogP contribution in [0.4, 0.5) is 0 Å². The summed E-state index contributed by atoms with van der Waals surface area (Å²) in [6.07, 6.45) is 0. The maximum atomic E-state index is 12.2. The van der Waals surface area contributed by atoms with Crippen molar-refractivity contribution in [3.63, 3.8) is 0 Å². The number of hydrogen-bond donors (Lipinski definition) is 2. The Morgan fingerprint density at radius 1 is 1.10 bits per heavy atom. The van der Waals surface area contributed by atoms with Gasteiger partial charge in [-0.2, -0.15) is 5.10 Å². The lowest BCUT2D eigenvalue weighted by Gasteiger charge is -2.09. The van der Waals surface area contributed by atoms with Crippen molar-refractivity contribution in [2.45, 2.75) is 6.92 Å². The maximum absolute atomic E-state index is 12.2. The quantitative estimate of drug-likeness (QED) is 0.467. The molecule has 0 atom stereocenters. The van der Waals surface area contributed by atoms with Crippen LogP contribution in [0.25, 0.3) is 11.0 Å². The van der Waals surface area contributed by atoms with Crippen molar-refractivity contribution < 1.29 is 23.6 Å². The zero-order valence-corrected chi connectivity index (χ0v) is 16.2. The molecule has 2 N–H and O–H groups in total. The Kier molecular flexibility index (Phi) is 6.08. The Labute approximate surface area is 166 Å². The SMILES string of the molecule is COc1ccc(C(=O)NCC(=O)N/N=C(\C)c2noc3ccccc23)cc1OC. The Hall–Kier alpha value is -3.88. The number of benzene rings is 2. The second-order valence-electron chi connectivity index (χ2n) is 6.01. The summed E-state index contributed by atoms with van der Waals surface area (Å²) in [6.45, 7) is 1.45. The Morgan fingerprint density at radius 2 is 1.86 bits per heavy atom. The first-order valence-corrected chi connectivity index (χ1v) is 8.71. The van der Waals surface area contributed by atoms with Gasteiger partial charge in [-0.25, -0.2) is 5.43 Å². The lowest BCUT2D eigenvalue weighted by atomic mass is 10.2. The molecule has 0 spiro atoms. The number of hydrogen-bond acceptors (Lipinski definition) is 7. The van der Waals surface area contributed by atoms with Gasteiger partial charge in [0.2, 0.25) is 0 Å². The molecular weight excluding hydrogens is 376 g/mol. The second-order valence-corrected chi connectivity index (χ2v) is 6.01. The van der Waals surface area contributed by atoms with E-state index in [1.54, 1.807) is 25.1 Å². The van der Waals surface area contributed by atoms with Crippen LogP contribution in [-0.4, -0.2) is 43.4 Å². The van der Waals surface area contributed by atoms with Gasteiger partial charge < -0.3 is 19.3 Å². The van der Waals surface area contributed by atoms with E-state index >= 15 is 0 Å². The fourth-order valence-electron chi connectivity index (χ4n) is 2.63. The van der Waals surface area contributed by atoms with Gasteiger partial charge in [-0.05, 0) is 37.3 Å². The minimum absolute atomic E-state index is 0.247. The molecule has 2 amide bonds. The molecule has 150 valence electrons. The van der Waals surface area contributed by atoms with Crippen molar-refractivity contribution in [2.75, 3.05) is 20.8 Å². The zero-order chi connectivity index (χ0) is 20.8. The first-order chi connectivity index (χ1) is 14.0. The predicted octanol–water partition coefficient (Wildman–Crippen LogP) is 2.12. The zero-order valence-electron chi connectivity index (χ0n) is 16.2. The number of carbonyl (C=O) groups excluding carboxylic acids is 2. The van der Waals surface area contributed by atoms with E-state index in [2.05, 4.69) is 21.0 Å². The molecule has 0 unspecified atom stereocenters. The highest BCUT2D eigenvalue weighted by molar-refractivity contribution is 6.07. The third-order valence-electron chi connectivity index (χ3n) is 4.12. The van der Waals surface area contributed by atoms with Crippen LogP contribution in [0, 0.1) is 0 Å². The van der Waals surface area contributed by atoms with Gasteiger partial charge in [-0.1, -0.05) is 17.3 Å². The fourth-order valence-corrected chi connectivity index (χ4v) is 2.63. The average molecular weight is 396 g/mol. The number of amides is 2. The van der Waals surface area contributed by atoms with Crippen LogP contribution in [0.3, 0.4) is 0 Å². The van der Waals surface area contributed by atoms with Crippen LogP contribution in [0.5, 0.6) is 11.5 Å². The number of nitrogens with zero attached hydrogens (tertiary/aromatic N) is 2. The molecule has 3 aromatic rings. The number of rotatable bonds is 7. The van der Waals surface area contributed by atoms with Crippen molar-refractivity contribution in [3.8, 4) is 11.5 Å². The molecular formula is C20H20N4O5. The van der Waals surface area contributed by atoms with E-state index in [4.69, 9.17) is 14.0 Å². The molecule has 1 heterocycles. The third kappa shape index (κ3) is 4.52. The number of nitrogens with one attached hydrogen (secondary N) is 2. The van der Waals surface area contributed by atoms with Crippen molar-refractivity contribution in [3.05, 3.63) is 53.7 Å². The van der Waals surface area contributed by atoms with Gasteiger partial charge >= 0.3 is 0 Å². The number of methoxy groups -OCH3 is 2. The molecule has 3 rings (SSSR count). The highest BCUT2D eigenvalue weighted by Crippen LogP contribution is 2.27. The van der Waals surface area contributed by atoms with Crippen molar-refractivity contribution in [2.24, 2.45) is 5.10 Å². The van der Waals surface area contributed by atoms with Gasteiger partial charge in [0.1, 0.15) is 5.69 Å². The van der Waals surface area contributed by atoms with Crippen LogP contribution >= 0.6 is 0 Å². The Morgan fingerprint density at radius 3 is 2.62 bits per heavy atom. The summed E-state index contributed by atoms with van der Waals surface area (Å²) in [5, 5.41) is 11.3. The molecule has 0 aliphatic carbocycles. The number of hydrazone groups is 1. The Balaban J connectivity index is 1.58. The smallest absolute Gasteiger partial charge is 0.259 e. The topological polar surface area (TPSA) is 115 Å². The van der Waals surface area contributed by atoms with E-state index in [1.807, 2.05) is 18.2 Å². The monoisotopic (exact) mass is 396 g/mol. The second kappa shape index (κ2) is 8.87. The number of aromatic nitrogens is 1. The van der Waals surface area contributed by atoms with E-state index in [-0.39, 0.29) is 6.54 Å². The van der Waals surface area contributed by atoms with E-state index in [1.165, 1.54) is 20.3 Å². The number of ether oxygens (including phenoxy) is 2. The molecule has 0 fully saturated rings. The van der Waals surface area contributed by atoms with Crippen LogP contribution in [-0.2, 0) is 4.79 Å². The maximum Gasteiger partial charge on any atom is 0.259 e. The minimum atomic E-state index is -0.481. The van der Waals surface area contributed by atoms with E-state index in [9.17, 15) is 9.59 Å². The molecule has 0 aliphatic rings. The predicted molar refractivity (Wildman–Crippen MR) is 106 cm³/mol. The summed E-state index contributed by atoms with van der Waals surface area (Å²) in [7, 11) is 2.98. The molecule has 0 radical (unpaired) electrons. The summed E-state index contributed by atoms with van der Waals surface area (Å²) in [4.78, 5) is 24.3. The summed E-state index contributed by atoms with van der Waals surface area (Å²) >= 11 is 0. The van der Waals surface area contributed by atoms with E-state index in [0.717, 1.165) is 5.39 Å². The third-order valence-corrected chi connectivity index (χ3v) is 4.12.